The van der Waals surface area contributed by atoms with Gasteiger partial charge in [-0.05, 0) is 56.6 Å². The number of rotatable bonds is 6. The number of furan rings is 1. The molecule has 1 atom stereocenters. The third kappa shape index (κ3) is 3.96. The molecule has 3 heteroatoms. The van der Waals surface area contributed by atoms with E-state index in [1.807, 2.05) is 6.07 Å². The first-order chi connectivity index (χ1) is 10.4. The van der Waals surface area contributed by atoms with Crippen molar-refractivity contribution in [1.82, 2.24) is 10.6 Å². The summed E-state index contributed by atoms with van der Waals surface area (Å²) in [6.07, 6.45) is 5.31. The Hall–Kier alpha value is -1.58. The van der Waals surface area contributed by atoms with E-state index < -0.39 is 0 Å². The third-order valence-electron chi connectivity index (χ3n) is 4.29. The zero-order valence-corrected chi connectivity index (χ0v) is 12.4. The van der Waals surface area contributed by atoms with E-state index in [-0.39, 0.29) is 0 Å². The summed E-state index contributed by atoms with van der Waals surface area (Å²) >= 11 is 0. The lowest BCUT2D eigenvalue weighted by molar-refractivity contribution is 0.377. The van der Waals surface area contributed by atoms with Crippen LogP contribution in [0.4, 0.5) is 0 Å². The molecule has 2 N–H and O–H groups in total. The summed E-state index contributed by atoms with van der Waals surface area (Å²) in [6, 6.07) is 15.4. The van der Waals surface area contributed by atoms with E-state index in [1.54, 1.807) is 6.26 Å². The smallest absolute Gasteiger partial charge is 0.111 e. The van der Waals surface area contributed by atoms with Crippen LogP contribution in [0, 0.1) is 0 Å². The third-order valence-corrected chi connectivity index (χ3v) is 4.29. The molecule has 1 aromatic carbocycles. The average Bonchev–Trinajstić information content (AvgIpc) is 3.07. The maximum atomic E-state index is 5.65. The second-order valence-corrected chi connectivity index (χ2v) is 5.75. The van der Waals surface area contributed by atoms with Crippen LogP contribution in [0.5, 0.6) is 0 Å². The molecule has 1 aliphatic heterocycles. The fraction of sp³-hybridized carbons (Fsp3) is 0.444. The van der Waals surface area contributed by atoms with Crippen LogP contribution in [-0.4, -0.2) is 25.7 Å². The van der Waals surface area contributed by atoms with Gasteiger partial charge in [0.15, 0.2) is 0 Å². The quantitative estimate of drug-likeness (QED) is 0.855. The van der Waals surface area contributed by atoms with Crippen LogP contribution >= 0.6 is 0 Å². The lowest BCUT2D eigenvalue weighted by Crippen LogP contribution is -2.40. The molecule has 0 saturated carbocycles. The van der Waals surface area contributed by atoms with E-state index in [4.69, 9.17) is 4.42 Å². The summed E-state index contributed by atoms with van der Waals surface area (Å²) in [6.45, 7) is 3.31. The van der Waals surface area contributed by atoms with Crippen molar-refractivity contribution in [1.29, 1.82) is 0 Å². The average molecular weight is 284 g/mol. The van der Waals surface area contributed by atoms with E-state index >= 15 is 0 Å². The Morgan fingerprint density at radius 3 is 2.62 bits per heavy atom. The standard InChI is InChI=1S/C18H24N2O/c1-2-5-15(6-3-1)17(18-7-4-14-21-18)10-13-20-16-8-11-19-12-9-16/h1-7,14,16-17,19-20H,8-13H2. The number of benzene rings is 1. The molecule has 1 saturated heterocycles. The number of nitrogens with one attached hydrogen (secondary N) is 2. The first kappa shape index (κ1) is 14.4. The maximum absolute atomic E-state index is 5.65. The highest BCUT2D eigenvalue weighted by Crippen LogP contribution is 2.27. The van der Waals surface area contributed by atoms with Crippen molar-refractivity contribution in [2.75, 3.05) is 19.6 Å². The molecule has 1 fully saturated rings. The molecule has 1 aromatic heterocycles. The molecule has 21 heavy (non-hydrogen) atoms. The van der Waals surface area contributed by atoms with Crippen molar-refractivity contribution in [2.45, 2.75) is 31.2 Å². The van der Waals surface area contributed by atoms with Gasteiger partial charge in [0, 0.05) is 12.0 Å². The Kier molecular flexibility index (Phi) is 5.08. The summed E-state index contributed by atoms with van der Waals surface area (Å²) < 4.78 is 5.65. The predicted octanol–water partition coefficient (Wildman–Crippen LogP) is 3.14. The summed E-state index contributed by atoms with van der Waals surface area (Å²) in [5, 5.41) is 7.11. The zero-order chi connectivity index (χ0) is 14.3. The lowest BCUT2D eigenvalue weighted by Gasteiger charge is -2.25. The first-order valence-electron chi connectivity index (χ1n) is 7.96. The van der Waals surface area contributed by atoms with Gasteiger partial charge in [0.05, 0.1) is 6.26 Å². The van der Waals surface area contributed by atoms with Crippen LogP contribution in [0.15, 0.2) is 53.1 Å². The van der Waals surface area contributed by atoms with E-state index in [0.717, 1.165) is 31.8 Å². The molecule has 2 aromatic rings. The molecule has 1 aliphatic rings. The molecule has 3 rings (SSSR count). The van der Waals surface area contributed by atoms with Crippen LogP contribution in [-0.2, 0) is 0 Å². The number of hydrogen-bond acceptors (Lipinski definition) is 3. The lowest BCUT2D eigenvalue weighted by atomic mass is 9.93. The fourth-order valence-corrected chi connectivity index (χ4v) is 3.11. The van der Waals surface area contributed by atoms with Crippen molar-refractivity contribution < 1.29 is 4.42 Å². The van der Waals surface area contributed by atoms with Crippen molar-refractivity contribution in [3.63, 3.8) is 0 Å². The molecular weight excluding hydrogens is 260 g/mol. The van der Waals surface area contributed by atoms with Gasteiger partial charge in [-0.15, -0.1) is 0 Å². The molecule has 1 unspecified atom stereocenters. The van der Waals surface area contributed by atoms with E-state index in [1.165, 1.54) is 18.4 Å². The Balaban J connectivity index is 1.60. The topological polar surface area (TPSA) is 37.2 Å². The minimum Gasteiger partial charge on any atom is -0.469 e. The highest BCUT2D eigenvalue weighted by atomic mass is 16.3. The van der Waals surface area contributed by atoms with Crippen LogP contribution in [0.1, 0.15) is 36.5 Å². The highest BCUT2D eigenvalue weighted by molar-refractivity contribution is 5.27. The van der Waals surface area contributed by atoms with Gasteiger partial charge >= 0.3 is 0 Å². The molecule has 0 bridgehead atoms. The van der Waals surface area contributed by atoms with Crippen LogP contribution < -0.4 is 10.6 Å². The first-order valence-corrected chi connectivity index (χ1v) is 7.96. The molecule has 0 aliphatic carbocycles. The van der Waals surface area contributed by atoms with Gasteiger partial charge in [-0.25, -0.2) is 0 Å². The monoisotopic (exact) mass is 284 g/mol. The van der Waals surface area contributed by atoms with Crippen molar-refractivity contribution >= 4 is 0 Å². The Morgan fingerprint density at radius 1 is 1.10 bits per heavy atom. The summed E-state index contributed by atoms with van der Waals surface area (Å²) in [5.74, 6) is 1.41. The van der Waals surface area contributed by atoms with Gasteiger partial charge in [0.2, 0.25) is 0 Å². The minimum atomic E-state index is 0.343. The normalized spacial score (nSPS) is 17.7. The number of hydrogen-bond donors (Lipinski definition) is 2. The van der Waals surface area contributed by atoms with E-state index in [2.05, 4.69) is 47.0 Å². The molecule has 112 valence electrons. The van der Waals surface area contributed by atoms with Crippen molar-refractivity contribution in [3.8, 4) is 0 Å². The van der Waals surface area contributed by atoms with Gasteiger partial charge in [-0.3, -0.25) is 0 Å². The molecule has 0 amide bonds. The number of piperidine rings is 1. The van der Waals surface area contributed by atoms with Crippen LogP contribution in [0.3, 0.4) is 0 Å². The van der Waals surface area contributed by atoms with Gasteiger partial charge in [0.1, 0.15) is 5.76 Å². The van der Waals surface area contributed by atoms with E-state index in [9.17, 15) is 0 Å². The predicted molar refractivity (Wildman–Crippen MR) is 85.5 cm³/mol. The van der Waals surface area contributed by atoms with Gasteiger partial charge in [-0.1, -0.05) is 30.3 Å². The Morgan fingerprint density at radius 2 is 1.90 bits per heavy atom. The largest absolute Gasteiger partial charge is 0.469 e. The Bertz CT molecular complexity index is 503. The zero-order valence-electron chi connectivity index (χ0n) is 12.4. The molecular formula is C18H24N2O. The van der Waals surface area contributed by atoms with Crippen molar-refractivity contribution in [2.24, 2.45) is 0 Å². The molecule has 3 nitrogen and oxygen atoms in total. The van der Waals surface area contributed by atoms with Gasteiger partial charge in [0.25, 0.3) is 0 Å². The Labute approximate surface area is 126 Å². The minimum absolute atomic E-state index is 0.343. The van der Waals surface area contributed by atoms with Crippen LogP contribution in [0.2, 0.25) is 0 Å². The van der Waals surface area contributed by atoms with Gasteiger partial charge in [-0.2, -0.15) is 0 Å². The summed E-state index contributed by atoms with van der Waals surface area (Å²) in [4.78, 5) is 0. The van der Waals surface area contributed by atoms with Gasteiger partial charge < -0.3 is 15.1 Å². The van der Waals surface area contributed by atoms with Crippen molar-refractivity contribution in [3.05, 3.63) is 60.1 Å². The molecule has 0 radical (unpaired) electrons. The molecule has 2 heterocycles. The summed E-state index contributed by atoms with van der Waals surface area (Å²) in [7, 11) is 0. The SMILES string of the molecule is c1ccc(C(CCNC2CCNCC2)c2ccco2)cc1. The molecule has 0 spiro atoms. The summed E-state index contributed by atoms with van der Waals surface area (Å²) in [5.41, 5.74) is 1.33. The van der Waals surface area contributed by atoms with E-state index in [0.29, 0.717) is 12.0 Å². The second kappa shape index (κ2) is 7.43. The maximum Gasteiger partial charge on any atom is 0.111 e. The fourth-order valence-electron chi connectivity index (χ4n) is 3.11. The van der Waals surface area contributed by atoms with Crippen LogP contribution in [0.25, 0.3) is 0 Å². The highest BCUT2D eigenvalue weighted by Gasteiger charge is 2.18. The second-order valence-electron chi connectivity index (χ2n) is 5.75.